The van der Waals surface area contributed by atoms with E-state index in [1.54, 1.807) is 7.11 Å². The van der Waals surface area contributed by atoms with Gasteiger partial charge in [-0.25, -0.2) is 0 Å². The summed E-state index contributed by atoms with van der Waals surface area (Å²) in [5.41, 5.74) is 0.887. The number of likely N-dealkylation sites (N-methyl/N-ethyl adjacent to an activating group) is 1. The summed E-state index contributed by atoms with van der Waals surface area (Å²) in [6.45, 7) is 2.43. The first kappa shape index (κ1) is 14.5. The number of benzene rings is 1. The number of aromatic nitrogens is 2. The average Bonchev–Trinajstić information content (AvgIpc) is 2.92. The normalized spacial score (nSPS) is 11.0. The zero-order chi connectivity index (χ0) is 14.4. The molecule has 108 valence electrons. The van der Waals surface area contributed by atoms with E-state index in [0.717, 1.165) is 24.4 Å². The number of nitrogens with one attached hydrogen (secondary N) is 1. The lowest BCUT2D eigenvalue weighted by atomic mass is 10.2. The molecule has 0 spiro atoms. The molecule has 0 unspecified atom stereocenters. The second-order valence-corrected chi connectivity index (χ2v) is 4.71. The zero-order valence-electron chi connectivity index (χ0n) is 12.1. The molecular weight excluding hydrogens is 256 g/mol. The van der Waals surface area contributed by atoms with Crippen LogP contribution in [0.3, 0.4) is 0 Å². The molecule has 0 amide bonds. The first-order valence-electron chi connectivity index (χ1n) is 6.51. The second kappa shape index (κ2) is 7.02. The van der Waals surface area contributed by atoms with E-state index in [1.165, 1.54) is 0 Å². The van der Waals surface area contributed by atoms with Crippen LogP contribution in [0.5, 0.6) is 5.75 Å². The van der Waals surface area contributed by atoms with Crippen LogP contribution in [-0.4, -0.2) is 49.4 Å². The lowest BCUT2D eigenvalue weighted by Crippen LogP contribution is -2.26. The maximum absolute atomic E-state index is 5.61. The molecule has 6 heteroatoms. The molecule has 6 nitrogen and oxygen atoms in total. The number of hydrogen-bond acceptors (Lipinski definition) is 6. The second-order valence-electron chi connectivity index (χ2n) is 4.71. The van der Waals surface area contributed by atoms with Gasteiger partial charge in [0.2, 0.25) is 11.8 Å². The van der Waals surface area contributed by atoms with Crippen LogP contribution in [-0.2, 0) is 6.54 Å². The Bertz CT molecular complexity index is 522. The van der Waals surface area contributed by atoms with Crippen molar-refractivity contribution in [3.05, 3.63) is 30.2 Å². The number of ether oxygens (including phenoxy) is 1. The van der Waals surface area contributed by atoms with Crippen LogP contribution >= 0.6 is 0 Å². The van der Waals surface area contributed by atoms with Crippen molar-refractivity contribution in [2.75, 3.05) is 34.3 Å². The summed E-state index contributed by atoms with van der Waals surface area (Å²) in [4.78, 5) is 2.11. The molecule has 2 rings (SSSR count). The summed E-state index contributed by atoms with van der Waals surface area (Å²) < 4.78 is 10.7. The van der Waals surface area contributed by atoms with Gasteiger partial charge in [0.25, 0.3) is 0 Å². The van der Waals surface area contributed by atoms with Gasteiger partial charge in [-0.3, -0.25) is 0 Å². The Balaban J connectivity index is 1.90. The van der Waals surface area contributed by atoms with Crippen LogP contribution in [0, 0.1) is 0 Å². The molecule has 0 aliphatic rings. The van der Waals surface area contributed by atoms with Crippen LogP contribution in [0.15, 0.2) is 28.7 Å². The van der Waals surface area contributed by atoms with Gasteiger partial charge < -0.3 is 19.4 Å². The van der Waals surface area contributed by atoms with E-state index in [-0.39, 0.29) is 0 Å². The lowest BCUT2D eigenvalue weighted by Gasteiger charge is -2.08. The fourth-order valence-corrected chi connectivity index (χ4v) is 1.67. The van der Waals surface area contributed by atoms with Crippen molar-refractivity contribution < 1.29 is 9.15 Å². The Kier molecular flexibility index (Phi) is 5.09. The van der Waals surface area contributed by atoms with E-state index >= 15 is 0 Å². The van der Waals surface area contributed by atoms with E-state index in [9.17, 15) is 0 Å². The Morgan fingerprint density at radius 3 is 2.60 bits per heavy atom. The van der Waals surface area contributed by atoms with Crippen LogP contribution in [0.2, 0.25) is 0 Å². The molecule has 0 aliphatic heterocycles. The molecule has 0 atom stereocenters. The summed E-state index contributed by atoms with van der Waals surface area (Å²) in [6, 6.07) is 7.54. The maximum Gasteiger partial charge on any atom is 0.247 e. The highest BCUT2D eigenvalue weighted by molar-refractivity contribution is 5.53. The third kappa shape index (κ3) is 4.04. The number of rotatable bonds is 7. The van der Waals surface area contributed by atoms with Crippen molar-refractivity contribution in [3.8, 4) is 17.2 Å². The molecule has 2 aromatic rings. The lowest BCUT2D eigenvalue weighted by molar-refractivity contribution is 0.390. The van der Waals surface area contributed by atoms with E-state index in [2.05, 4.69) is 20.4 Å². The third-order valence-electron chi connectivity index (χ3n) is 2.82. The van der Waals surface area contributed by atoms with Gasteiger partial charge in [-0.2, -0.15) is 0 Å². The summed E-state index contributed by atoms with van der Waals surface area (Å²) in [7, 11) is 5.71. The van der Waals surface area contributed by atoms with Crippen molar-refractivity contribution in [1.82, 2.24) is 20.4 Å². The summed E-state index contributed by atoms with van der Waals surface area (Å²) >= 11 is 0. The number of nitrogens with zero attached hydrogens (tertiary/aromatic N) is 3. The van der Waals surface area contributed by atoms with Gasteiger partial charge in [0.05, 0.1) is 13.7 Å². The van der Waals surface area contributed by atoms with Crippen molar-refractivity contribution in [1.29, 1.82) is 0 Å². The van der Waals surface area contributed by atoms with Gasteiger partial charge in [-0.05, 0) is 38.4 Å². The monoisotopic (exact) mass is 276 g/mol. The molecular formula is C14H20N4O2. The minimum absolute atomic E-state index is 0.525. The molecule has 0 saturated heterocycles. The molecule has 1 heterocycles. The highest BCUT2D eigenvalue weighted by Crippen LogP contribution is 2.20. The molecule has 1 aromatic heterocycles. The van der Waals surface area contributed by atoms with E-state index in [0.29, 0.717) is 18.3 Å². The molecule has 1 N–H and O–H groups in total. The highest BCUT2D eigenvalue weighted by atomic mass is 16.5. The first-order chi connectivity index (χ1) is 9.69. The first-order valence-corrected chi connectivity index (χ1v) is 6.51. The van der Waals surface area contributed by atoms with Crippen LogP contribution in [0.25, 0.3) is 11.5 Å². The predicted molar refractivity (Wildman–Crippen MR) is 76.5 cm³/mol. The maximum atomic E-state index is 5.61. The molecule has 0 aliphatic carbocycles. The topological polar surface area (TPSA) is 63.4 Å². The van der Waals surface area contributed by atoms with Crippen molar-refractivity contribution in [2.45, 2.75) is 6.54 Å². The molecule has 0 bridgehead atoms. The standard InChI is InChI=1S/C14H20N4O2/c1-18(2)9-8-15-10-13-16-17-14(20-13)11-4-6-12(19-3)7-5-11/h4-7,15H,8-10H2,1-3H3. The van der Waals surface area contributed by atoms with E-state index in [4.69, 9.17) is 9.15 Å². The smallest absolute Gasteiger partial charge is 0.247 e. The minimum atomic E-state index is 0.525. The fourth-order valence-electron chi connectivity index (χ4n) is 1.67. The van der Waals surface area contributed by atoms with Gasteiger partial charge >= 0.3 is 0 Å². The molecule has 0 radical (unpaired) electrons. The van der Waals surface area contributed by atoms with Gasteiger partial charge in [-0.15, -0.1) is 10.2 Å². The molecule has 0 saturated carbocycles. The van der Waals surface area contributed by atoms with Crippen molar-refractivity contribution in [2.24, 2.45) is 0 Å². The van der Waals surface area contributed by atoms with Gasteiger partial charge in [-0.1, -0.05) is 0 Å². The SMILES string of the molecule is COc1ccc(-c2nnc(CNCCN(C)C)o2)cc1. The van der Waals surface area contributed by atoms with Crippen LogP contribution in [0.1, 0.15) is 5.89 Å². The van der Waals surface area contributed by atoms with Gasteiger partial charge in [0.15, 0.2) is 0 Å². The van der Waals surface area contributed by atoms with E-state index < -0.39 is 0 Å². The Morgan fingerprint density at radius 2 is 1.95 bits per heavy atom. The highest BCUT2D eigenvalue weighted by Gasteiger charge is 2.08. The van der Waals surface area contributed by atoms with Crippen molar-refractivity contribution in [3.63, 3.8) is 0 Å². The molecule has 20 heavy (non-hydrogen) atoms. The quantitative estimate of drug-likeness (QED) is 0.771. The van der Waals surface area contributed by atoms with Crippen molar-refractivity contribution >= 4 is 0 Å². The molecule has 0 fully saturated rings. The minimum Gasteiger partial charge on any atom is -0.497 e. The summed E-state index contributed by atoms with van der Waals surface area (Å²) in [5.74, 6) is 1.92. The largest absolute Gasteiger partial charge is 0.497 e. The fraction of sp³-hybridized carbons (Fsp3) is 0.429. The van der Waals surface area contributed by atoms with Gasteiger partial charge in [0.1, 0.15) is 5.75 Å². The van der Waals surface area contributed by atoms with Crippen LogP contribution < -0.4 is 10.1 Å². The van der Waals surface area contributed by atoms with E-state index in [1.807, 2.05) is 38.4 Å². The third-order valence-corrected chi connectivity index (χ3v) is 2.82. The number of methoxy groups -OCH3 is 1. The predicted octanol–water partition coefficient (Wildman–Crippen LogP) is 1.40. The Labute approximate surface area is 118 Å². The van der Waals surface area contributed by atoms with Gasteiger partial charge in [0, 0.05) is 18.7 Å². The number of hydrogen-bond donors (Lipinski definition) is 1. The average molecular weight is 276 g/mol. The Morgan fingerprint density at radius 1 is 1.20 bits per heavy atom. The summed E-state index contributed by atoms with van der Waals surface area (Å²) in [6.07, 6.45) is 0. The molecule has 1 aromatic carbocycles. The Hall–Kier alpha value is -1.92. The summed E-state index contributed by atoms with van der Waals surface area (Å²) in [5, 5.41) is 11.3. The van der Waals surface area contributed by atoms with Crippen LogP contribution in [0.4, 0.5) is 0 Å². The zero-order valence-corrected chi connectivity index (χ0v) is 12.1.